The molecule has 14 nitrogen and oxygen atoms in total. The Labute approximate surface area is 338 Å². The summed E-state index contributed by atoms with van der Waals surface area (Å²) in [5.74, 6) is -0.530. The van der Waals surface area contributed by atoms with Crippen molar-refractivity contribution >= 4 is 83.3 Å². The fourth-order valence-corrected chi connectivity index (χ4v) is 6.57. The first-order valence-electron chi connectivity index (χ1n) is 18.3. The van der Waals surface area contributed by atoms with E-state index >= 15 is 0 Å². The van der Waals surface area contributed by atoms with Crippen molar-refractivity contribution in [1.29, 1.82) is 0 Å². The third-order valence-electron chi connectivity index (χ3n) is 9.16. The minimum atomic E-state index is -4.07. The van der Waals surface area contributed by atoms with Crippen molar-refractivity contribution in [3.8, 4) is 11.5 Å². The van der Waals surface area contributed by atoms with Gasteiger partial charge in [0.15, 0.2) is 5.75 Å². The Morgan fingerprint density at radius 2 is 1.27 bits per heavy atom. The molecule has 296 valence electrons. The number of carbonyl (C=O) groups is 2. The molecule has 0 aliphatic rings. The fourth-order valence-electron chi connectivity index (χ4n) is 6.09. The smallest absolute Gasteiger partial charge is 0.264 e. The van der Waals surface area contributed by atoms with Gasteiger partial charge in [-0.1, -0.05) is 24.3 Å². The zero-order chi connectivity index (χ0) is 41.5. The van der Waals surface area contributed by atoms with Gasteiger partial charge >= 0.3 is 0 Å². The number of aromatic hydroxyl groups is 1. The van der Waals surface area contributed by atoms with Gasteiger partial charge in [-0.15, -0.1) is 5.11 Å². The number of phenols is 1. The summed E-state index contributed by atoms with van der Waals surface area (Å²) in [5, 5.41) is 36.9. The van der Waals surface area contributed by atoms with Crippen LogP contribution in [0.15, 0.2) is 154 Å². The summed E-state index contributed by atoms with van der Waals surface area (Å²) in [6.07, 6.45) is 0.127. The molecule has 0 atom stereocenters. The van der Waals surface area contributed by atoms with Crippen molar-refractivity contribution in [1.82, 2.24) is 0 Å². The summed E-state index contributed by atoms with van der Waals surface area (Å²) in [4.78, 5) is 25.7. The van der Waals surface area contributed by atoms with Crippen molar-refractivity contribution in [2.24, 2.45) is 20.5 Å². The number of carbonyl (C=O) groups excluding carboxylic acids is 2. The first-order chi connectivity index (χ1) is 28.4. The van der Waals surface area contributed by atoms with E-state index in [1.807, 2.05) is 25.1 Å². The molecule has 0 radical (unpaired) electrons. The van der Waals surface area contributed by atoms with E-state index < -0.39 is 15.9 Å². The molecular formula is C44H37N7O7S. The highest BCUT2D eigenvalue weighted by Gasteiger charge is 2.12. The lowest BCUT2D eigenvalue weighted by Gasteiger charge is -2.11. The lowest BCUT2D eigenvalue weighted by molar-refractivity contribution is 0.101. The molecule has 0 aromatic heterocycles. The molecular weight excluding hydrogens is 771 g/mol. The lowest BCUT2D eigenvalue weighted by atomic mass is 10.1. The van der Waals surface area contributed by atoms with Gasteiger partial charge in [-0.25, -0.2) is 0 Å². The summed E-state index contributed by atoms with van der Waals surface area (Å²) in [5.41, 5.74) is 11.0. The molecule has 0 aliphatic carbocycles. The molecule has 0 saturated carbocycles. The number of nitrogens with zero attached hydrogens (tertiary/aromatic N) is 4. The number of nitrogens with two attached hydrogens (primary N) is 1. The van der Waals surface area contributed by atoms with Crippen LogP contribution in [-0.4, -0.2) is 42.3 Å². The molecule has 2 amide bonds. The van der Waals surface area contributed by atoms with E-state index in [1.165, 1.54) is 0 Å². The Morgan fingerprint density at radius 1 is 0.661 bits per heavy atom. The molecule has 0 fully saturated rings. The summed E-state index contributed by atoms with van der Waals surface area (Å²) in [6.45, 7) is 1.96. The topological polar surface area (TPSA) is 217 Å². The van der Waals surface area contributed by atoms with E-state index in [4.69, 9.17) is 15.0 Å². The van der Waals surface area contributed by atoms with Crippen LogP contribution in [0.1, 0.15) is 32.7 Å². The first kappa shape index (κ1) is 39.7. The third-order valence-corrected chi connectivity index (χ3v) is 9.97. The van der Waals surface area contributed by atoms with Crippen LogP contribution in [0.25, 0.3) is 21.5 Å². The Hall–Kier alpha value is -7.49. The normalized spacial score (nSPS) is 11.7. The Morgan fingerprint density at radius 3 is 1.98 bits per heavy atom. The van der Waals surface area contributed by atoms with E-state index in [-0.39, 0.29) is 36.3 Å². The molecule has 0 unspecified atom stereocenters. The number of rotatable bonds is 13. The van der Waals surface area contributed by atoms with Crippen molar-refractivity contribution in [3.05, 3.63) is 150 Å². The average Bonchev–Trinajstić information content (AvgIpc) is 3.22. The first-order valence-corrected chi connectivity index (χ1v) is 19.9. The molecule has 7 rings (SSSR count). The number of fused-ring (bicyclic) bond motifs is 2. The highest BCUT2D eigenvalue weighted by molar-refractivity contribution is 7.85. The number of aryl methyl sites for hydroxylation is 1. The largest absolute Gasteiger partial charge is 0.505 e. The number of azo groups is 2. The van der Waals surface area contributed by atoms with Gasteiger partial charge in [-0.3, -0.25) is 14.1 Å². The second-order valence-corrected chi connectivity index (χ2v) is 15.1. The van der Waals surface area contributed by atoms with Gasteiger partial charge < -0.3 is 26.2 Å². The standard InChI is InChI=1S/C44H37N7O7S/c1-27-24-36(49-51-40-20-11-31-25-34(17-19-37(31)42(40)52)46-43(53)29-6-12-32(45)13-7-29)18-21-39(27)50-48-33-14-9-30(10-15-33)44(54)47-35-16-8-28-4-2-5-41(38(28)26-35)58-22-3-23-59(55,56)57/h2,4-21,24-26,52H,3,22-23,45H2,1H3,(H,46,53)(H,47,54)(H,55,56,57). The second kappa shape index (κ2) is 17.3. The van der Waals surface area contributed by atoms with Crippen LogP contribution in [0.3, 0.4) is 0 Å². The molecule has 0 heterocycles. The molecule has 0 spiro atoms. The fraction of sp³-hybridized carbons (Fsp3) is 0.0909. The lowest BCUT2D eigenvalue weighted by Crippen LogP contribution is -2.11. The summed E-state index contributed by atoms with van der Waals surface area (Å²) in [6, 6.07) is 38.0. The van der Waals surface area contributed by atoms with Gasteiger partial charge in [0.1, 0.15) is 11.4 Å². The van der Waals surface area contributed by atoms with E-state index in [0.717, 1.165) is 16.3 Å². The van der Waals surface area contributed by atoms with Crippen LogP contribution in [-0.2, 0) is 10.1 Å². The number of hydrogen-bond donors (Lipinski definition) is 5. The Bertz CT molecular complexity index is 2880. The van der Waals surface area contributed by atoms with Crippen molar-refractivity contribution < 1.29 is 32.4 Å². The highest BCUT2D eigenvalue weighted by Crippen LogP contribution is 2.37. The van der Waals surface area contributed by atoms with Gasteiger partial charge in [0.05, 0.1) is 29.4 Å². The molecule has 7 aromatic rings. The summed E-state index contributed by atoms with van der Waals surface area (Å²) in [7, 11) is -4.07. The SMILES string of the molecule is Cc1cc(N=Nc2ccc3cc(NC(=O)c4ccc(N)cc4)ccc3c2O)ccc1N=Nc1ccc(C(=O)Nc2ccc3cccc(OCCCS(=O)(=O)O)c3c2)cc1. The van der Waals surface area contributed by atoms with E-state index in [2.05, 4.69) is 31.1 Å². The van der Waals surface area contributed by atoms with Crippen molar-refractivity contribution in [3.63, 3.8) is 0 Å². The zero-order valence-electron chi connectivity index (χ0n) is 31.5. The number of nitrogen functional groups attached to an aromatic ring is 1. The van der Waals surface area contributed by atoms with E-state index in [1.54, 1.807) is 115 Å². The van der Waals surface area contributed by atoms with Crippen LogP contribution in [0.2, 0.25) is 0 Å². The van der Waals surface area contributed by atoms with E-state index in [0.29, 0.717) is 61.8 Å². The van der Waals surface area contributed by atoms with Crippen LogP contribution in [0.5, 0.6) is 11.5 Å². The van der Waals surface area contributed by atoms with Gasteiger partial charge in [-0.2, -0.15) is 23.8 Å². The molecule has 0 aliphatic heterocycles. The quantitative estimate of drug-likeness (QED) is 0.0326. The molecule has 0 bridgehead atoms. The highest BCUT2D eigenvalue weighted by atomic mass is 32.2. The number of hydrogen-bond acceptors (Lipinski definition) is 11. The van der Waals surface area contributed by atoms with Crippen LogP contribution >= 0.6 is 0 Å². The Balaban J connectivity index is 0.955. The van der Waals surface area contributed by atoms with Gasteiger partial charge in [-0.05, 0) is 139 Å². The molecule has 15 heteroatoms. The number of benzene rings is 7. The van der Waals surface area contributed by atoms with Gasteiger partial charge in [0.25, 0.3) is 21.9 Å². The second-order valence-electron chi connectivity index (χ2n) is 13.5. The van der Waals surface area contributed by atoms with Gasteiger partial charge in [0, 0.05) is 39.0 Å². The summed E-state index contributed by atoms with van der Waals surface area (Å²) < 4.78 is 36.8. The number of nitrogens with one attached hydrogen (secondary N) is 2. The van der Waals surface area contributed by atoms with Crippen molar-refractivity contribution in [2.45, 2.75) is 13.3 Å². The molecule has 6 N–H and O–H groups in total. The average molecular weight is 808 g/mol. The molecule has 0 saturated heterocycles. The zero-order valence-corrected chi connectivity index (χ0v) is 32.3. The molecule has 7 aromatic carbocycles. The van der Waals surface area contributed by atoms with E-state index in [9.17, 15) is 23.1 Å². The maximum atomic E-state index is 13.1. The minimum Gasteiger partial charge on any atom is -0.505 e. The predicted octanol–water partition coefficient (Wildman–Crippen LogP) is 10.6. The predicted molar refractivity (Wildman–Crippen MR) is 229 cm³/mol. The molecule has 59 heavy (non-hydrogen) atoms. The third kappa shape index (κ3) is 10.1. The van der Waals surface area contributed by atoms with Gasteiger partial charge in [0.2, 0.25) is 0 Å². The van der Waals surface area contributed by atoms with Crippen LogP contribution in [0.4, 0.5) is 39.8 Å². The number of ether oxygens (including phenoxy) is 1. The van der Waals surface area contributed by atoms with Crippen LogP contribution in [0, 0.1) is 6.92 Å². The number of phenolic OH excluding ortho intramolecular Hbond substituents is 1. The number of anilines is 3. The monoisotopic (exact) mass is 807 g/mol. The summed E-state index contributed by atoms with van der Waals surface area (Å²) >= 11 is 0. The Kier molecular flexibility index (Phi) is 11.7. The van der Waals surface area contributed by atoms with Crippen molar-refractivity contribution in [2.75, 3.05) is 28.7 Å². The minimum absolute atomic E-state index is 0.0447. The number of amides is 2. The van der Waals surface area contributed by atoms with Crippen LogP contribution < -0.4 is 21.1 Å². The maximum absolute atomic E-state index is 13.1. The maximum Gasteiger partial charge on any atom is 0.264 e.